The molecule has 0 aliphatic rings. The number of carbonyl (C=O) groups excluding carboxylic acids is 1. The van der Waals surface area contributed by atoms with Gasteiger partial charge >= 0.3 is 0 Å². The largest absolute Gasteiger partial charge is 0.309 e. The lowest BCUT2D eigenvalue weighted by Gasteiger charge is -2.08. The highest BCUT2D eigenvalue weighted by Gasteiger charge is 2.16. The zero-order valence-electron chi connectivity index (χ0n) is 14.3. The fraction of sp³-hybridized carbons (Fsp3) is 0.0476. The van der Waals surface area contributed by atoms with Crippen LogP contribution in [0.1, 0.15) is 0 Å². The molecule has 2 aromatic carbocycles. The Labute approximate surface area is 160 Å². The Balaban J connectivity index is 1.62. The Morgan fingerprint density at radius 2 is 1.74 bits per heavy atom. The van der Waals surface area contributed by atoms with Crippen LogP contribution >= 0.6 is 11.8 Å². The summed E-state index contributed by atoms with van der Waals surface area (Å²) in [5, 5.41) is 2.96. The maximum Gasteiger partial charge on any atom is 0.235 e. The number of nitrogens with zero attached hydrogens (tertiary/aromatic N) is 2. The van der Waals surface area contributed by atoms with Crippen LogP contribution in [-0.4, -0.2) is 21.0 Å². The molecule has 0 aliphatic carbocycles. The van der Waals surface area contributed by atoms with E-state index in [9.17, 15) is 9.18 Å². The highest BCUT2D eigenvalue weighted by Crippen LogP contribution is 2.29. The van der Waals surface area contributed by atoms with Gasteiger partial charge in [-0.25, -0.2) is 9.37 Å². The molecule has 4 nitrogen and oxygen atoms in total. The molecule has 27 heavy (non-hydrogen) atoms. The predicted octanol–water partition coefficient (Wildman–Crippen LogP) is 4.87. The first-order valence-electron chi connectivity index (χ1n) is 8.41. The van der Waals surface area contributed by atoms with E-state index in [2.05, 4.69) is 10.3 Å². The summed E-state index contributed by atoms with van der Waals surface area (Å²) in [6.45, 7) is 0. The van der Waals surface area contributed by atoms with Crippen LogP contribution in [0, 0.1) is 5.82 Å². The van der Waals surface area contributed by atoms with Crippen LogP contribution in [0.4, 0.5) is 10.2 Å². The van der Waals surface area contributed by atoms with Crippen molar-refractivity contribution in [2.45, 2.75) is 4.90 Å². The lowest BCUT2D eigenvalue weighted by atomic mass is 10.1. The number of amides is 1. The van der Waals surface area contributed by atoms with Crippen molar-refractivity contribution in [2.75, 3.05) is 11.1 Å². The van der Waals surface area contributed by atoms with Crippen LogP contribution in [0.25, 0.3) is 16.9 Å². The molecule has 4 aromatic rings. The second kappa shape index (κ2) is 7.63. The standard InChI is InChI=1S/C21H16FN3OS/c22-16-11-9-15(10-12-16)20-21(25-13-5-4-8-18(25)23-20)24-19(26)14-27-17-6-2-1-3-7-17/h1-13H,14H2,(H,24,26). The molecule has 4 rings (SSSR count). The first-order valence-corrected chi connectivity index (χ1v) is 9.40. The van der Waals surface area contributed by atoms with Crippen molar-refractivity contribution in [3.8, 4) is 11.3 Å². The zero-order chi connectivity index (χ0) is 18.6. The van der Waals surface area contributed by atoms with E-state index in [1.165, 1.54) is 23.9 Å². The molecule has 6 heteroatoms. The number of benzene rings is 2. The molecule has 0 saturated heterocycles. The quantitative estimate of drug-likeness (QED) is 0.505. The minimum absolute atomic E-state index is 0.127. The fourth-order valence-corrected chi connectivity index (χ4v) is 3.48. The molecule has 134 valence electrons. The monoisotopic (exact) mass is 377 g/mol. The third-order valence-electron chi connectivity index (χ3n) is 4.02. The van der Waals surface area contributed by atoms with Gasteiger partial charge in [0.2, 0.25) is 5.91 Å². The van der Waals surface area contributed by atoms with Gasteiger partial charge in [-0.1, -0.05) is 24.3 Å². The number of aromatic nitrogens is 2. The van der Waals surface area contributed by atoms with Crippen molar-refractivity contribution in [3.63, 3.8) is 0 Å². The highest BCUT2D eigenvalue weighted by molar-refractivity contribution is 8.00. The minimum Gasteiger partial charge on any atom is -0.309 e. The number of pyridine rings is 1. The number of imidazole rings is 1. The van der Waals surface area contributed by atoms with Crippen LogP contribution in [-0.2, 0) is 4.79 Å². The minimum atomic E-state index is -0.313. The van der Waals surface area contributed by atoms with Crippen LogP contribution < -0.4 is 5.32 Å². The topological polar surface area (TPSA) is 46.4 Å². The third kappa shape index (κ3) is 3.85. The second-order valence-electron chi connectivity index (χ2n) is 5.89. The average Bonchev–Trinajstić information content (AvgIpc) is 3.06. The number of carbonyl (C=O) groups is 1. The van der Waals surface area contributed by atoms with E-state index >= 15 is 0 Å². The number of thioether (sulfide) groups is 1. The van der Waals surface area contributed by atoms with Crippen molar-refractivity contribution >= 4 is 29.1 Å². The molecule has 0 aliphatic heterocycles. The Morgan fingerprint density at radius 1 is 1.00 bits per heavy atom. The van der Waals surface area contributed by atoms with Gasteiger partial charge < -0.3 is 5.32 Å². The van der Waals surface area contributed by atoms with Gasteiger partial charge in [0.15, 0.2) is 0 Å². The summed E-state index contributed by atoms with van der Waals surface area (Å²) in [6, 6.07) is 21.5. The van der Waals surface area contributed by atoms with Crippen LogP contribution in [0.5, 0.6) is 0 Å². The molecule has 1 N–H and O–H groups in total. The number of hydrogen-bond donors (Lipinski definition) is 1. The summed E-state index contributed by atoms with van der Waals surface area (Å²) in [7, 11) is 0. The molecule has 0 spiro atoms. The number of anilines is 1. The molecular formula is C21H16FN3OS. The first kappa shape index (κ1) is 17.3. The number of nitrogens with one attached hydrogen (secondary N) is 1. The van der Waals surface area contributed by atoms with Gasteiger partial charge in [0, 0.05) is 16.7 Å². The van der Waals surface area contributed by atoms with Crippen LogP contribution in [0.2, 0.25) is 0 Å². The highest BCUT2D eigenvalue weighted by atomic mass is 32.2. The van der Waals surface area contributed by atoms with Gasteiger partial charge in [-0.15, -0.1) is 11.8 Å². The molecule has 0 radical (unpaired) electrons. The van der Waals surface area contributed by atoms with Gasteiger partial charge in [0.1, 0.15) is 23.0 Å². The van der Waals surface area contributed by atoms with E-state index < -0.39 is 0 Å². The first-order chi connectivity index (χ1) is 13.2. The summed E-state index contributed by atoms with van der Waals surface area (Å²) < 4.78 is 15.1. The van der Waals surface area contributed by atoms with E-state index in [1.54, 1.807) is 12.1 Å². The van der Waals surface area contributed by atoms with Gasteiger partial charge in [-0.3, -0.25) is 9.20 Å². The molecule has 0 saturated carbocycles. The fourth-order valence-electron chi connectivity index (χ4n) is 2.76. The zero-order valence-corrected chi connectivity index (χ0v) is 15.1. The Hall–Kier alpha value is -3.12. The molecule has 0 atom stereocenters. The normalized spacial score (nSPS) is 10.9. The molecule has 2 aromatic heterocycles. The number of halogens is 1. The van der Waals surface area contributed by atoms with E-state index in [0.717, 1.165) is 10.5 Å². The van der Waals surface area contributed by atoms with Crippen molar-refractivity contribution < 1.29 is 9.18 Å². The molecule has 1 amide bonds. The number of hydrogen-bond acceptors (Lipinski definition) is 3. The third-order valence-corrected chi connectivity index (χ3v) is 5.03. The van der Waals surface area contributed by atoms with E-state index in [4.69, 9.17) is 0 Å². The Bertz CT molecular complexity index is 1080. The lowest BCUT2D eigenvalue weighted by Crippen LogP contribution is -2.16. The van der Waals surface area contributed by atoms with Gasteiger partial charge in [0.05, 0.1) is 5.75 Å². The molecule has 0 bridgehead atoms. The van der Waals surface area contributed by atoms with Crippen molar-refractivity contribution in [2.24, 2.45) is 0 Å². The second-order valence-corrected chi connectivity index (χ2v) is 6.94. The van der Waals surface area contributed by atoms with Crippen molar-refractivity contribution in [3.05, 3.63) is 84.8 Å². The molecular weight excluding hydrogens is 361 g/mol. The summed E-state index contributed by atoms with van der Waals surface area (Å²) in [5.41, 5.74) is 2.06. The molecule has 2 heterocycles. The summed E-state index contributed by atoms with van der Waals surface area (Å²) in [6.07, 6.45) is 1.84. The van der Waals surface area contributed by atoms with Gasteiger partial charge in [-0.05, 0) is 48.5 Å². The van der Waals surface area contributed by atoms with Crippen LogP contribution in [0.15, 0.2) is 83.9 Å². The SMILES string of the molecule is O=C(CSc1ccccc1)Nc1c(-c2ccc(F)cc2)nc2ccccn12. The Kier molecular flexibility index (Phi) is 4.89. The van der Waals surface area contributed by atoms with Gasteiger partial charge in [0.25, 0.3) is 0 Å². The number of rotatable bonds is 5. The predicted molar refractivity (Wildman–Crippen MR) is 106 cm³/mol. The lowest BCUT2D eigenvalue weighted by molar-refractivity contribution is -0.113. The Morgan fingerprint density at radius 3 is 2.52 bits per heavy atom. The molecule has 0 fully saturated rings. The van der Waals surface area contributed by atoms with Gasteiger partial charge in [-0.2, -0.15) is 0 Å². The maximum atomic E-state index is 13.3. The summed E-state index contributed by atoms with van der Waals surface area (Å²) >= 11 is 1.47. The average molecular weight is 377 g/mol. The van der Waals surface area contributed by atoms with Crippen molar-refractivity contribution in [1.82, 2.24) is 9.38 Å². The van der Waals surface area contributed by atoms with Crippen LogP contribution in [0.3, 0.4) is 0 Å². The van der Waals surface area contributed by atoms with Crippen molar-refractivity contribution in [1.29, 1.82) is 0 Å². The van der Waals surface area contributed by atoms with E-state index in [-0.39, 0.29) is 17.5 Å². The van der Waals surface area contributed by atoms with E-state index in [0.29, 0.717) is 17.2 Å². The summed E-state index contributed by atoms with van der Waals surface area (Å²) in [4.78, 5) is 18.2. The number of fused-ring (bicyclic) bond motifs is 1. The smallest absolute Gasteiger partial charge is 0.235 e. The van der Waals surface area contributed by atoms with E-state index in [1.807, 2.05) is 59.1 Å². The molecule has 0 unspecified atom stereocenters. The maximum absolute atomic E-state index is 13.3. The summed E-state index contributed by atoms with van der Waals surface area (Å²) in [5.74, 6) is 0.425.